The zero-order valence-corrected chi connectivity index (χ0v) is 26.7. The minimum Gasteiger partial charge on any atom is -0.494 e. The standard InChI is InChI=1S/C34H48FN3O4/c1-9-34(10-2)23-20-27(41-11-3)31(42-12-4)29(35)28(23)32(36)38(34)21-26(39)22-18-24(33(5,6)7)30(40-8)25(19-22)37-16-14-13-15-17-37/h18-20,36H,9-17,21H2,1-8H3. The lowest BCUT2D eigenvalue weighted by atomic mass is 9.83. The number of methoxy groups -OCH3 is 1. The SMILES string of the molecule is CCOc1cc2c(c(F)c1OCC)C(=N)N(CC(=O)c1cc(N3CCCCC3)c(OC)c(C(C)(C)C)c1)C2(CC)CC. The van der Waals surface area contributed by atoms with Crippen LogP contribution in [0, 0.1) is 11.2 Å². The van der Waals surface area contributed by atoms with E-state index in [1.54, 1.807) is 18.9 Å². The highest BCUT2D eigenvalue weighted by Crippen LogP contribution is 2.50. The second kappa shape index (κ2) is 12.5. The van der Waals surface area contributed by atoms with Crippen molar-refractivity contribution in [1.82, 2.24) is 4.90 Å². The van der Waals surface area contributed by atoms with Crippen LogP contribution in [0.3, 0.4) is 0 Å². The third-order valence-electron chi connectivity index (χ3n) is 8.87. The molecule has 1 fully saturated rings. The molecule has 1 N–H and O–H groups in total. The van der Waals surface area contributed by atoms with E-state index >= 15 is 4.39 Å². The van der Waals surface area contributed by atoms with Gasteiger partial charge in [-0.15, -0.1) is 0 Å². The Balaban J connectivity index is 1.81. The van der Waals surface area contributed by atoms with Crippen molar-refractivity contribution in [3.63, 3.8) is 0 Å². The van der Waals surface area contributed by atoms with Crippen LogP contribution in [-0.2, 0) is 11.0 Å². The maximum atomic E-state index is 16.1. The third kappa shape index (κ3) is 5.45. The van der Waals surface area contributed by atoms with Gasteiger partial charge in [-0.05, 0) is 75.1 Å². The number of hydrogen-bond acceptors (Lipinski definition) is 6. The Hall–Kier alpha value is -3.29. The summed E-state index contributed by atoms with van der Waals surface area (Å²) in [5, 5.41) is 9.17. The van der Waals surface area contributed by atoms with Crippen LogP contribution in [0.5, 0.6) is 17.2 Å². The summed E-state index contributed by atoms with van der Waals surface area (Å²) in [6.07, 6.45) is 4.60. The molecule has 4 rings (SSSR count). The summed E-state index contributed by atoms with van der Waals surface area (Å²) >= 11 is 0. The maximum absolute atomic E-state index is 16.1. The van der Waals surface area contributed by atoms with E-state index in [1.165, 1.54) is 6.42 Å². The first kappa shape index (κ1) is 31.6. The highest BCUT2D eigenvalue weighted by molar-refractivity contribution is 6.07. The summed E-state index contributed by atoms with van der Waals surface area (Å²) < 4.78 is 33.5. The van der Waals surface area contributed by atoms with Gasteiger partial charge < -0.3 is 24.0 Å². The number of carbonyl (C=O) groups excluding carboxylic acids is 1. The zero-order valence-electron chi connectivity index (χ0n) is 26.7. The summed E-state index contributed by atoms with van der Waals surface area (Å²) in [4.78, 5) is 18.3. The van der Waals surface area contributed by atoms with E-state index in [0.717, 1.165) is 42.9 Å². The van der Waals surface area contributed by atoms with Crippen molar-refractivity contribution in [3.8, 4) is 17.2 Å². The molecule has 0 bridgehead atoms. The number of hydrogen-bond donors (Lipinski definition) is 1. The molecule has 0 aliphatic carbocycles. The number of carbonyl (C=O) groups is 1. The van der Waals surface area contributed by atoms with E-state index in [2.05, 4.69) is 25.7 Å². The first-order valence-electron chi connectivity index (χ1n) is 15.5. The Morgan fingerprint density at radius 3 is 2.17 bits per heavy atom. The molecule has 2 aliphatic rings. The molecule has 0 atom stereocenters. The molecule has 0 spiro atoms. The molecule has 0 amide bonds. The molecule has 0 saturated carbocycles. The smallest absolute Gasteiger partial charge is 0.197 e. The molecule has 0 unspecified atom stereocenters. The number of amidine groups is 1. The van der Waals surface area contributed by atoms with Crippen LogP contribution in [-0.4, -0.2) is 56.5 Å². The van der Waals surface area contributed by atoms with Gasteiger partial charge in [-0.2, -0.15) is 0 Å². The number of ketones is 1. The first-order valence-corrected chi connectivity index (χ1v) is 15.5. The van der Waals surface area contributed by atoms with E-state index in [1.807, 2.05) is 39.0 Å². The Bertz CT molecular complexity index is 1320. The number of nitrogens with one attached hydrogen (secondary N) is 1. The van der Waals surface area contributed by atoms with Crippen molar-refractivity contribution < 1.29 is 23.4 Å². The van der Waals surface area contributed by atoms with Crippen LogP contribution in [0.2, 0.25) is 0 Å². The van der Waals surface area contributed by atoms with Gasteiger partial charge in [-0.3, -0.25) is 10.2 Å². The number of nitrogens with zero attached hydrogens (tertiary/aromatic N) is 2. The molecular weight excluding hydrogens is 533 g/mol. The van der Waals surface area contributed by atoms with Gasteiger partial charge in [0.15, 0.2) is 23.1 Å². The largest absolute Gasteiger partial charge is 0.494 e. The van der Waals surface area contributed by atoms with Crippen molar-refractivity contribution in [3.05, 3.63) is 46.3 Å². The number of rotatable bonds is 11. The fourth-order valence-corrected chi connectivity index (χ4v) is 6.64. The molecule has 8 heteroatoms. The summed E-state index contributed by atoms with van der Waals surface area (Å²) in [5.74, 6) is 0.459. The van der Waals surface area contributed by atoms with Crippen molar-refractivity contribution in [2.24, 2.45) is 0 Å². The Labute approximate surface area is 250 Å². The molecule has 230 valence electrons. The van der Waals surface area contributed by atoms with E-state index in [0.29, 0.717) is 36.3 Å². The molecular formula is C34H48FN3O4. The van der Waals surface area contributed by atoms with Gasteiger partial charge in [0, 0.05) is 24.2 Å². The third-order valence-corrected chi connectivity index (χ3v) is 8.87. The van der Waals surface area contributed by atoms with Crippen LogP contribution in [0.15, 0.2) is 18.2 Å². The van der Waals surface area contributed by atoms with Crippen LogP contribution in [0.25, 0.3) is 0 Å². The van der Waals surface area contributed by atoms with E-state index in [4.69, 9.17) is 19.6 Å². The van der Waals surface area contributed by atoms with Crippen molar-refractivity contribution in [2.45, 2.75) is 91.5 Å². The predicted molar refractivity (Wildman–Crippen MR) is 167 cm³/mol. The molecule has 42 heavy (non-hydrogen) atoms. The number of anilines is 1. The lowest BCUT2D eigenvalue weighted by molar-refractivity contribution is 0.0884. The van der Waals surface area contributed by atoms with Gasteiger partial charge in [0.1, 0.15) is 11.6 Å². The molecule has 7 nitrogen and oxygen atoms in total. The molecule has 2 aliphatic heterocycles. The van der Waals surface area contributed by atoms with Gasteiger partial charge in [0.25, 0.3) is 0 Å². The van der Waals surface area contributed by atoms with Crippen LogP contribution in [0.1, 0.15) is 108 Å². The van der Waals surface area contributed by atoms with Crippen molar-refractivity contribution in [2.75, 3.05) is 44.9 Å². The van der Waals surface area contributed by atoms with Crippen LogP contribution >= 0.6 is 0 Å². The maximum Gasteiger partial charge on any atom is 0.197 e. The Morgan fingerprint density at radius 1 is 0.976 bits per heavy atom. The van der Waals surface area contributed by atoms with E-state index < -0.39 is 11.4 Å². The normalized spacial score (nSPS) is 16.5. The van der Waals surface area contributed by atoms with E-state index in [9.17, 15) is 4.79 Å². The Kier molecular flexibility index (Phi) is 9.43. The number of benzene rings is 2. The fourth-order valence-electron chi connectivity index (χ4n) is 6.64. The van der Waals surface area contributed by atoms with E-state index in [-0.39, 0.29) is 41.5 Å². The molecule has 2 aromatic rings. The second-order valence-electron chi connectivity index (χ2n) is 12.3. The van der Waals surface area contributed by atoms with Gasteiger partial charge >= 0.3 is 0 Å². The van der Waals surface area contributed by atoms with Gasteiger partial charge in [0.2, 0.25) is 0 Å². The number of fused-ring (bicyclic) bond motifs is 1. The van der Waals surface area contributed by atoms with Crippen molar-refractivity contribution >= 4 is 17.3 Å². The minimum atomic E-state index is -0.728. The first-order chi connectivity index (χ1) is 20.0. The Morgan fingerprint density at radius 2 is 1.62 bits per heavy atom. The number of piperidine rings is 1. The predicted octanol–water partition coefficient (Wildman–Crippen LogP) is 7.46. The number of halogens is 1. The number of Topliss-reactive ketones (excluding diaryl/α,β-unsaturated/α-hetero) is 1. The summed E-state index contributed by atoms with van der Waals surface area (Å²) in [5.41, 5.74) is 2.38. The van der Waals surface area contributed by atoms with Gasteiger partial charge in [-0.25, -0.2) is 4.39 Å². The molecule has 0 radical (unpaired) electrons. The minimum absolute atomic E-state index is 0.00404. The average molecular weight is 582 g/mol. The van der Waals surface area contributed by atoms with Crippen molar-refractivity contribution in [1.29, 1.82) is 5.41 Å². The summed E-state index contributed by atoms with van der Waals surface area (Å²) in [7, 11) is 1.70. The monoisotopic (exact) mass is 581 g/mol. The van der Waals surface area contributed by atoms with Crippen LogP contribution in [0.4, 0.5) is 10.1 Å². The van der Waals surface area contributed by atoms with Crippen LogP contribution < -0.4 is 19.1 Å². The fraction of sp³-hybridized carbons (Fsp3) is 0.588. The lowest BCUT2D eigenvalue weighted by Gasteiger charge is -2.39. The highest BCUT2D eigenvalue weighted by atomic mass is 19.1. The lowest BCUT2D eigenvalue weighted by Crippen LogP contribution is -2.45. The molecule has 0 aromatic heterocycles. The second-order valence-corrected chi connectivity index (χ2v) is 12.3. The molecule has 1 saturated heterocycles. The number of ether oxygens (including phenoxy) is 3. The zero-order chi connectivity index (χ0) is 30.8. The highest BCUT2D eigenvalue weighted by Gasteiger charge is 2.49. The summed E-state index contributed by atoms with van der Waals surface area (Å²) in [6.45, 7) is 16.5. The molecule has 2 heterocycles. The topological polar surface area (TPSA) is 75.1 Å². The van der Waals surface area contributed by atoms with Gasteiger partial charge in [0.05, 0.1) is 43.7 Å². The molecule has 2 aromatic carbocycles. The summed E-state index contributed by atoms with van der Waals surface area (Å²) in [6, 6.07) is 5.72. The average Bonchev–Trinajstić information content (AvgIpc) is 3.21. The van der Waals surface area contributed by atoms with Gasteiger partial charge in [-0.1, -0.05) is 34.6 Å². The quantitative estimate of drug-likeness (QED) is 0.278.